The summed E-state index contributed by atoms with van der Waals surface area (Å²) in [5.74, 6) is 0.766. The lowest BCUT2D eigenvalue weighted by molar-refractivity contribution is 1.18. The molecule has 0 saturated carbocycles. The van der Waals surface area contributed by atoms with Gasteiger partial charge in [0.2, 0.25) is 0 Å². The van der Waals surface area contributed by atoms with E-state index in [1.54, 1.807) is 12.4 Å². The van der Waals surface area contributed by atoms with E-state index < -0.39 is 0 Å². The fourth-order valence-electron chi connectivity index (χ4n) is 2.59. The molecule has 0 spiro atoms. The number of aromatic nitrogens is 2. The van der Waals surface area contributed by atoms with Crippen molar-refractivity contribution in [3.63, 3.8) is 0 Å². The van der Waals surface area contributed by atoms with Gasteiger partial charge < -0.3 is 0 Å². The predicted molar refractivity (Wildman–Crippen MR) is 82.5 cm³/mol. The van der Waals surface area contributed by atoms with Gasteiger partial charge in [-0.1, -0.05) is 48.5 Å². The van der Waals surface area contributed by atoms with E-state index >= 15 is 0 Å². The molecule has 0 saturated heterocycles. The van der Waals surface area contributed by atoms with Crippen LogP contribution in [0.15, 0.2) is 73.1 Å². The normalized spacial score (nSPS) is 11.0. The van der Waals surface area contributed by atoms with Crippen LogP contribution in [0.2, 0.25) is 0 Å². The van der Waals surface area contributed by atoms with Gasteiger partial charge in [-0.2, -0.15) is 0 Å². The first-order chi connectivity index (χ1) is 9.92. The minimum Gasteiger partial charge on any atom is -0.237 e. The van der Waals surface area contributed by atoms with E-state index in [4.69, 9.17) is 0 Å². The molecule has 94 valence electrons. The van der Waals surface area contributed by atoms with Crippen molar-refractivity contribution in [3.05, 3.63) is 73.1 Å². The molecule has 0 aliphatic carbocycles. The molecule has 0 radical (unpaired) electrons. The summed E-state index contributed by atoms with van der Waals surface area (Å²) in [6, 6.07) is 21.0. The molecule has 0 bridgehead atoms. The lowest BCUT2D eigenvalue weighted by atomic mass is 10.00. The molecule has 3 aromatic carbocycles. The Bertz CT molecular complexity index is 899. The smallest absolute Gasteiger partial charge is 0.159 e. The molecule has 0 amide bonds. The van der Waals surface area contributed by atoms with Gasteiger partial charge in [0, 0.05) is 18.0 Å². The first-order valence-electron chi connectivity index (χ1n) is 6.61. The van der Waals surface area contributed by atoms with Gasteiger partial charge in [-0.25, -0.2) is 9.97 Å². The van der Waals surface area contributed by atoms with Crippen molar-refractivity contribution < 1.29 is 0 Å². The summed E-state index contributed by atoms with van der Waals surface area (Å²) in [5, 5.41) is 5.00. The molecule has 0 atom stereocenters. The van der Waals surface area contributed by atoms with E-state index in [0.717, 1.165) is 11.4 Å². The monoisotopic (exact) mass is 256 g/mol. The van der Waals surface area contributed by atoms with Crippen LogP contribution in [0.3, 0.4) is 0 Å². The molecular weight excluding hydrogens is 244 g/mol. The van der Waals surface area contributed by atoms with Crippen molar-refractivity contribution in [2.75, 3.05) is 0 Å². The maximum atomic E-state index is 4.32. The van der Waals surface area contributed by atoms with Crippen LogP contribution < -0.4 is 0 Å². The molecule has 1 heterocycles. The summed E-state index contributed by atoms with van der Waals surface area (Å²) in [7, 11) is 0. The summed E-state index contributed by atoms with van der Waals surface area (Å²) < 4.78 is 0. The largest absolute Gasteiger partial charge is 0.237 e. The van der Waals surface area contributed by atoms with Gasteiger partial charge in [-0.3, -0.25) is 0 Å². The van der Waals surface area contributed by atoms with E-state index in [1.165, 1.54) is 21.5 Å². The standard InChI is InChI=1S/C18H12N2/c1-2-5-16-13(4-1)6-7-14-8-9-15(12-17(14)16)18-19-10-3-11-20-18/h1-12H. The lowest BCUT2D eigenvalue weighted by Crippen LogP contribution is -1.87. The minimum atomic E-state index is 0.766. The summed E-state index contributed by atoms with van der Waals surface area (Å²) in [6.45, 7) is 0. The van der Waals surface area contributed by atoms with Gasteiger partial charge in [0.25, 0.3) is 0 Å². The molecule has 4 rings (SSSR count). The predicted octanol–water partition coefficient (Wildman–Crippen LogP) is 4.45. The Kier molecular flexibility index (Phi) is 2.46. The summed E-state index contributed by atoms with van der Waals surface area (Å²) >= 11 is 0. The van der Waals surface area contributed by atoms with Gasteiger partial charge in [-0.05, 0) is 33.7 Å². The van der Waals surface area contributed by atoms with Crippen molar-refractivity contribution >= 4 is 21.5 Å². The molecule has 1 aromatic heterocycles. The number of hydrogen-bond acceptors (Lipinski definition) is 2. The van der Waals surface area contributed by atoms with Gasteiger partial charge >= 0.3 is 0 Å². The van der Waals surface area contributed by atoms with Gasteiger partial charge in [0.15, 0.2) is 5.82 Å². The fourth-order valence-corrected chi connectivity index (χ4v) is 2.59. The average Bonchev–Trinajstić information content (AvgIpc) is 2.55. The first-order valence-corrected chi connectivity index (χ1v) is 6.61. The number of hydrogen-bond donors (Lipinski definition) is 0. The third-order valence-corrected chi connectivity index (χ3v) is 3.57. The van der Waals surface area contributed by atoms with Crippen LogP contribution >= 0.6 is 0 Å². The minimum absolute atomic E-state index is 0.766. The fraction of sp³-hybridized carbons (Fsp3) is 0. The topological polar surface area (TPSA) is 25.8 Å². The molecule has 4 aromatic rings. The maximum absolute atomic E-state index is 4.32. The Labute approximate surface area is 116 Å². The molecule has 2 nitrogen and oxygen atoms in total. The highest BCUT2D eigenvalue weighted by atomic mass is 14.8. The molecule has 0 aliphatic rings. The van der Waals surface area contributed by atoms with Gasteiger partial charge in [0.05, 0.1) is 0 Å². The van der Waals surface area contributed by atoms with E-state index in [0.29, 0.717) is 0 Å². The van der Waals surface area contributed by atoms with Crippen molar-refractivity contribution in [1.29, 1.82) is 0 Å². The highest BCUT2D eigenvalue weighted by Gasteiger charge is 2.04. The van der Waals surface area contributed by atoms with Crippen LogP contribution in [0.25, 0.3) is 32.9 Å². The van der Waals surface area contributed by atoms with Gasteiger partial charge in [0.1, 0.15) is 0 Å². The molecule has 20 heavy (non-hydrogen) atoms. The third-order valence-electron chi connectivity index (χ3n) is 3.57. The van der Waals surface area contributed by atoms with Crippen molar-refractivity contribution in [2.45, 2.75) is 0 Å². The van der Waals surface area contributed by atoms with Crippen LogP contribution in [0.5, 0.6) is 0 Å². The summed E-state index contributed by atoms with van der Waals surface area (Å²) in [6.07, 6.45) is 3.55. The van der Waals surface area contributed by atoms with E-state index in [1.807, 2.05) is 6.07 Å². The second-order valence-corrected chi connectivity index (χ2v) is 4.80. The molecule has 2 heteroatoms. The number of rotatable bonds is 1. The van der Waals surface area contributed by atoms with Crippen molar-refractivity contribution in [3.8, 4) is 11.4 Å². The SMILES string of the molecule is c1cnc(-c2ccc3ccc4ccccc4c3c2)nc1. The Morgan fingerprint density at radius 3 is 2.15 bits per heavy atom. The Balaban J connectivity index is 2.05. The molecule has 0 unspecified atom stereocenters. The van der Waals surface area contributed by atoms with Crippen LogP contribution in [0.4, 0.5) is 0 Å². The van der Waals surface area contributed by atoms with Crippen LogP contribution in [-0.2, 0) is 0 Å². The van der Waals surface area contributed by atoms with E-state index in [9.17, 15) is 0 Å². The molecule has 0 fully saturated rings. The van der Waals surface area contributed by atoms with Gasteiger partial charge in [-0.15, -0.1) is 0 Å². The van der Waals surface area contributed by atoms with Crippen molar-refractivity contribution in [2.24, 2.45) is 0 Å². The van der Waals surface area contributed by atoms with Crippen molar-refractivity contribution in [1.82, 2.24) is 9.97 Å². The first kappa shape index (κ1) is 11.1. The zero-order valence-corrected chi connectivity index (χ0v) is 10.8. The summed E-state index contributed by atoms with van der Waals surface area (Å²) in [4.78, 5) is 8.65. The zero-order chi connectivity index (χ0) is 13.4. The lowest BCUT2D eigenvalue weighted by Gasteiger charge is -2.06. The Morgan fingerprint density at radius 1 is 0.600 bits per heavy atom. The summed E-state index contributed by atoms with van der Waals surface area (Å²) in [5.41, 5.74) is 1.05. The number of fused-ring (bicyclic) bond motifs is 3. The van der Waals surface area contributed by atoms with E-state index in [-0.39, 0.29) is 0 Å². The maximum Gasteiger partial charge on any atom is 0.159 e. The highest BCUT2D eigenvalue weighted by Crippen LogP contribution is 2.28. The quantitative estimate of drug-likeness (QED) is 0.470. The number of benzene rings is 3. The second-order valence-electron chi connectivity index (χ2n) is 4.80. The Morgan fingerprint density at radius 2 is 1.30 bits per heavy atom. The zero-order valence-electron chi connectivity index (χ0n) is 10.8. The van der Waals surface area contributed by atoms with Crippen LogP contribution in [-0.4, -0.2) is 9.97 Å². The third kappa shape index (κ3) is 1.74. The average molecular weight is 256 g/mol. The van der Waals surface area contributed by atoms with Crippen LogP contribution in [0, 0.1) is 0 Å². The highest BCUT2D eigenvalue weighted by molar-refractivity contribution is 6.08. The van der Waals surface area contributed by atoms with Crippen LogP contribution in [0.1, 0.15) is 0 Å². The molecule has 0 N–H and O–H groups in total. The second kappa shape index (κ2) is 4.42. The molecule has 0 aliphatic heterocycles. The number of nitrogens with zero attached hydrogens (tertiary/aromatic N) is 2. The Hall–Kier alpha value is -2.74. The molecular formula is C18H12N2. The van der Waals surface area contributed by atoms with E-state index in [2.05, 4.69) is 64.6 Å².